The van der Waals surface area contributed by atoms with Gasteiger partial charge >= 0.3 is 0 Å². The number of nitrogens with zero attached hydrogens (tertiary/aromatic N) is 3. The number of aryl methyl sites for hydroxylation is 5. The number of hydrogen-bond donors (Lipinski definition) is 2. The lowest BCUT2D eigenvalue weighted by molar-refractivity contribution is 0.981. The van der Waals surface area contributed by atoms with Crippen LogP contribution in [0.15, 0.2) is 36.5 Å². The Morgan fingerprint density at radius 3 is 2.20 bits per heavy atom. The van der Waals surface area contributed by atoms with Crippen molar-refractivity contribution < 1.29 is 0 Å². The topological polar surface area (TPSA) is 62.7 Å². The van der Waals surface area contributed by atoms with Gasteiger partial charge in [0.05, 0.1) is 6.20 Å². The minimum atomic E-state index is 0.473. The summed E-state index contributed by atoms with van der Waals surface area (Å²) in [5, 5.41) is 14.8. The Labute approximate surface area is 148 Å². The molecule has 0 amide bonds. The summed E-state index contributed by atoms with van der Waals surface area (Å²) in [7, 11) is 0. The molecule has 0 aliphatic heterocycles. The molecule has 3 rings (SSSR count). The predicted molar refractivity (Wildman–Crippen MR) is 103 cm³/mol. The summed E-state index contributed by atoms with van der Waals surface area (Å²) >= 11 is 0. The van der Waals surface area contributed by atoms with Gasteiger partial charge in [-0.05, 0) is 62.9 Å². The van der Waals surface area contributed by atoms with Gasteiger partial charge < -0.3 is 10.6 Å². The lowest BCUT2D eigenvalue weighted by Gasteiger charge is -2.14. The summed E-state index contributed by atoms with van der Waals surface area (Å²) in [6.07, 6.45) is 1.63. The summed E-state index contributed by atoms with van der Waals surface area (Å²) in [5.41, 5.74) is 7.98. The van der Waals surface area contributed by atoms with Crippen LogP contribution in [-0.4, -0.2) is 15.2 Å². The third kappa shape index (κ3) is 3.94. The van der Waals surface area contributed by atoms with Crippen LogP contribution < -0.4 is 10.6 Å². The van der Waals surface area contributed by atoms with Crippen molar-refractivity contribution in [3.8, 4) is 0 Å². The Bertz CT molecular complexity index is 895. The van der Waals surface area contributed by atoms with Crippen LogP contribution in [0.1, 0.15) is 27.8 Å². The van der Waals surface area contributed by atoms with E-state index in [-0.39, 0.29) is 0 Å². The number of benzene rings is 2. The highest BCUT2D eigenvalue weighted by Crippen LogP contribution is 2.25. The number of nitrogens with one attached hydrogen (secondary N) is 2. The SMILES string of the molecule is Cc1cc(C)c(Nc2cnnc(Nc3cc(C)ccc3C)n2)c(C)c1. The fourth-order valence-corrected chi connectivity index (χ4v) is 2.91. The van der Waals surface area contributed by atoms with Crippen LogP contribution in [0.2, 0.25) is 0 Å². The Morgan fingerprint density at radius 1 is 0.760 bits per heavy atom. The highest BCUT2D eigenvalue weighted by Gasteiger charge is 2.08. The van der Waals surface area contributed by atoms with Crippen molar-refractivity contribution in [2.45, 2.75) is 34.6 Å². The number of aromatic nitrogens is 3. The lowest BCUT2D eigenvalue weighted by atomic mass is 10.1. The van der Waals surface area contributed by atoms with E-state index in [1.54, 1.807) is 6.20 Å². The van der Waals surface area contributed by atoms with Gasteiger partial charge in [-0.1, -0.05) is 29.8 Å². The van der Waals surface area contributed by atoms with Crippen molar-refractivity contribution in [2.24, 2.45) is 0 Å². The van der Waals surface area contributed by atoms with Crippen molar-refractivity contribution in [3.05, 3.63) is 64.3 Å². The minimum Gasteiger partial charge on any atom is -0.338 e. The van der Waals surface area contributed by atoms with Gasteiger partial charge in [0.2, 0.25) is 5.95 Å². The third-order valence-electron chi connectivity index (χ3n) is 4.13. The monoisotopic (exact) mass is 333 g/mol. The zero-order valence-electron chi connectivity index (χ0n) is 15.3. The highest BCUT2D eigenvalue weighted by molar-refractivity contribution is 5.66. The summed E-state index contributed by atoms with van der Waals surface area (Å²) in [6.45, 7) is 10.4. The van der Waals surface area contributed by atoms with E-state index in [0.29, 0.717) is 11.8 Å². The maximum Gasteiger partial charge on any atom is 0.249 e. The van der Waals surface area contributed by atoms with E-state index in [9.17, 15) is 0 Å². The molecular weight excluding hydrogens is 310 g/mol. The zero-order chi connectivity index (χ0) is 18.0. The van der Waals surface area contributed by atoms with Gasteiger partial charge in [0, 0.05) is 11.4 Å². The van der Waals surface area contributed by atoms with Crippen LogP contribution in [0.3, 0.4) is 0 Å². The van der Waals surface area contributed by atoms with Crippen LogP contribution in [0.5, 0.6) is 0 Å². The van der Waals surface area contributed by atoms with Crippen LogP contribution in [0, 0.1) is 34.6 Å². The predicted octanol–water partition coefficient (Wildman–Crippen LogP) is 4.90. The second kappa shape index (κ2) is 6.89. The lowest BCUT2D eigenvalue weighted by Crippen LogP contribution is -2.05. The van der Waals surface area contributed by atoms with E-state index in [0.717, 1.165) is 16.9 Å². The summed E-state index contributed by atoms with van der Waals surface area (Å²) in [4.78, 5) is 4.54. The van der Waals surface area contributed by atoms with Gasteiger partial charge in [0.15, 0.2) is 5.82 Å². The summed E-state index contributed by atoms with van der Waals surface area (Å²) < 4.78 is 0. The van der Waals surface area contributed by atoms with Gasteiger partial charge in [0.1, 0.15) is 0 Å². The van der Waals surface area contributed by atoms with Gasteiger partial charge in [-0.15, -0.1) is 5.10 Å². The first-order valence-electron chi connectivity index (χ1n) is 8.31. The number of hydrogen-bond acceptors (Lipinski definition) is 5. The Morgan fingerprint density at radius 2 is 1.48 bits per heavy atom. The molecule has 0 unspecified atom stereocenters. The molecule has 2 aromatic carbocycles. The van der Waals surface area contributed by atoms with Crippen molar-refractivity contribution in [1.29, 1.82) is 0 Å². The quantitative estimate of drug-likeness (QED) is 0.711. The Balaban J connectivity index is 1.86. The molecule has 3 aromatic rings. The molecule has 1 aromatic heterocycles. The van der Waals surface area contributed by atoms with Crippen molar-refractivity contribution in [1.82, 2.24) is 15.2 Å². The first-order valence-corrected chi connectivity index (χ1v) is 8.31. The summed E-state index contributed by atoms with van der Waals surface area (Å²) in [6, 6.07) is 10.5. The smallest absolute Gasteiger partial charge is 0.249 e. The molecule has 25 heavy (non-hydrogen) atoms. The molecule has 0 fully saturated rings. The minimum absolute atomic E-state index is 0.473. The average Bonchev–Trinajstić information content (AvgIpc) is 2.55. The molecule has 5 nitrogen and oxygen atoms in total. The van der Waals surface area contributed by atoms with E-state index in [1.807, 2.05) is 0 Å². The third-order valence-corrected chi connectivity index (χ3v) is 4.13. The van der Waals surface area contributed by atoms with Gasteiger partial charge in [0.25, 0.3) is 0 Å². The number of anilines is 4. The van der Waals surface area contributed by atoms with Crippen LogP contribution in [0.25, 0.3) is 0 Å². The molecule has 0 atom stereocenters. The average molecular weight is 333 g/mol. The van der Waals surface area contributed by atoms with E-state index >= 15 is 0 Å². The maximum atomic E-state index is 4.54. The van der Waals surface area contributed by atoms with Gasteiger partial charge in [-0.2, -0.15) is 10.1 Å². The van der Waals surface area contributed by atoms with E-state index in [4.69, 9.17) is 0 Å². The van der Waals surface area contributed by atoms with Crippen LogP contribution >= 0.6 is 0 Å². The molecule has 5 heteroatoms. The Kier molecular flexibility index (Phi) is 4.65. The first-order chi connectivity index (χ1) is 11.9. The van der Waals surface area contributed by atoms with Gasteiger partial charge in [-0.25, -0.2) is 0 Å². The molecule has 128 valence electrons. The van der Waals surface area contributed by atoms with Crippen molar-refractivity contribution >= 4 is 23.1 Å². The van der Waals surface area contributed by atoms with Crippen molar-refractivity contribution in [2.75, 3.05) is 10.6 Å². The van der Waals surface area contributed by atoms with E-state index in [2.05, 4.69) is 90.8 Å². The molecule has 0 saturated heterocycles. The fourth-order valence-electron chi connectivity index (χ4n) is 2.91. The molecule has 0 spiro atoms. The van der Waals surface area contributed by atoms with Crippen LogP contribution in [-0.2, 0) is 0 Å². The number of rotatable bonds is 4. The van der Waals surface area contributed by atoms with Gasteiger partial charge in [-0.3, -0.25) is 0 Å². The molecule has 2 N–H and O–H groups in total. The molecule has 0 bridgehead atoms. The molecular formula is C20H23N5. The summed E-state index contributed by atoms with van der Waals surface area (Å²) in [5.74, 6) is 1.14. The molecule has 0 aliphatic rings. The van der Waals surface area contributed by atoms with E-state index < -0.39 is 0 Å². The van der Waals surface area contributed by atoms with Crippen LogP contribution in [0.4, 0.5) is 23.1 Å². The molecule has 1 heterocycles. The molecule has 0 radical (unpaired) electrons. The second-order valence-corrected chi connectivity index (χ2v) is 6.51. The Hall–Kier alpha value is -2.95. The van der Waals surface area contributed by atoms with Crippen molar-refractivity contribution in [3.63, 3.8) is 0 Å². The normalized spacial score (nSPS) is 10.6. The highest BCUT2D eigenvalue weighted by atomic mass is 15.3. The van der Waals surface area contributed by atoms with E-state index in [1.165, 1.54) is 22.3 Å². The zero-order valence-corrected chi connectivity index (χ0v) is 15.3. The fraction of sp³-hybridized carbons (Fsp3) is 0.250. The molecule has 0 saturated carbocycles. The second-order valence-electron chi connectivity index (χ2n) is 6.51. The maximum absolute atomic E-state index is 4.54. The largest absolute Gasteiger partial charge is 0.338 e. The standard InChI is InChI=1S/C20H23N5/c1-12-6-7-14(3)17(10-12)22-20-24-18(11-21-25-20)23-19-15(4)8-13(2)9-16(19)5/h6-11H,1-5H3,(H2,22,23,24,25). The first kappa shape index (κ1) is 16.9. The molecule has 0 aliphatic carbocycles.